The Morgan fingerprint density at radius 3 is 1.46 bits per heavy atom. The Kier molecular flexibility index (Phi) is 6.23. The molecule has 1 fully saturated rings. The predicted molar refractivity (Wildman–Crippen MR) is 171 cm³/mol. The molecule has 7 rings (SSSR count). The van der Waals surface area contributed by atoms with Crippen LogP contribution in [0.15, 0.2) is 121 Å². The second kappa shape index (κ2) is 9.83. The average Bonchev–Trinajstić information content (AvgIpc) is 3.57. The van der Waals surface area contributed by atoms with Crippen LogP contribution >= 0.6 is 23.2 Å². The van der Waals surface area contributed by atoms with Gasteiger partial charge in [0, 0.05) is 11.8 Å². The Hall–Kier alpha value is -3.98. The van der Waals surface area contributed by atoms with Crippen LogP contribution in [0.5, 0.6) is 11.5 Å². The molecule has 2 nitrogen and oxygen atoms in total. The second-order valence-electron chi connectivity index (χ2n) is 11.2. The molecule has 2 N–H and O–H groups in total. The van der Waals surface area contributed by atoms with E-state index < -0.39 is 4.33 Å². The molecule has 41 heavy (non-hydrogen) atoms. The standard InChI is InChI=1S/C37H28Cl2O2/c1-22(23-2-4-24(5-3-23)27-10-12-31-20-33(40)16-14-29(31)18-27)35-36(37(35,38)39)26-8-6-25(7-9-26)28-11-13-32-21-34(41)17-15-30(32)19-28/h2-22,35-36,40-41H,1H3. The summed E-state index contributed by atoms with van der Waals surface area (Å²) in [6, 6.07) is 40.7. The molecule has 3 unspecified atom stereocenters. The monoisotopic (exact) mass is 574 g/mol. The third-order valence-electron chi connectivity index (χ3n) is 8.67. The van der Waals surface area contributed by atoms with Crippen molar-refractivity contribution < 1.29 is 10.2 Å². The van der Waals surface area contributed by atoms with Crippen LogP contribution in [0, 0.1) is 5.92 Å². The van der Waals surface area contributed by atoms with Gasteiger partial charge in [0.1, 0.15) is 15.8 Å². The number of rotatable bonds is 5. The third kappa shape index (κ3) is 4.72. The first-order valence-electron chi connectivity index (χ1n) is 13.8. The van der Waals surface area contributed by atoms with Gasteiger partial charge >= 0.3 is 0 Å². The Morgan fingerprint density at radius 2 is 0.951 bits per heavy atom. The van der Waals surface area contributed by atoms with Crippen LogP contribution in [0.25, 0.3) is 43.8 Å². The van der Waals surface area contributed by atoms with E-state index >= 15 is 0 Å². The molecular weight excluding hydrogens is 547 g/mol. The molecule has 0 saturated heterocycles. The van der Waals surface area contributed by atoms with Gasteiger partial charge in [0.05, 0.1) is 0 Å². The summed E-state index contributed by atoms with van der Waals surface area (Å²) in [6.07, 6.45) is 0. The number of phenolic OH excluding ortho intramolecular Hbond substituents is 2. The van der Waals surface area contributed by atoms with Crippen LogP contribution in [-0.2, 0) is 0 Å². The zero-order valence-corrected chi connectivity index (χ0v) is 23.9. The summed E-state index contributed by atoms with van der Waals surface area (Å²) in [6.45, 7) is 2.21. The predicted octanol–water partition coefficient (Wildman–Crippen LogP) is 10.4. The van der Waals surface area contributed by atoms with Gasteiger partial charge in [-0.25, -0.2) is 0 Å². The minimum absolute atomic E-state index is 0.0612. The van der Waals surface area contributed by atoms with Crippen molar-refractivity contribution in [3.63, 3.8) is 0 Å². The van der Waals surface area contributed by atoms with Crippen molar-refractivity contribution in [1.82, 2.24) is 0 Å². The maximum Gasteiger partial charge on any atom is 0.129 e. The van der Waals surface area contributed by atoms with Crippen LogP contribution < -0.4 is 0 Å². The van der Waals surface area contributed by atoms with Gasteiger partial charge in [0.25, 0.3) is 0 Å². The van der Waals surface area contributed by atoms with Gasteiger partial charge in [0.15, 0.2) is 0 Å². The summed E-state index contributed by atoms with van der Waals surface area (Å²) in [7, 11) is 0. The topological polar surface area (TPSA) is 40.5 Å². The molecule has 0 spiro atoms. The molecule has 202 valence electrons. The highest BCUT2D eigenvalue weighted by Crippen LogP contribution is 2.69. The molecular formula is C37H28Cl2O2. The normalized spacial score (nSPS) is 18.4. The van der Waals surface area contributed by atoms with Gasteiger partial charge in [-0.3, -0.25) is 0 Å². The number of hydrogen-bond acceptors (Lipinski definition) is 2. The smallest absolute Gasteiger partial charge is 0.129 e. The lowest BCUT2D eigenvalue weighted by Crippen LogP contribution is -2.01. The number of aromatic hydroxyl groups is 2. The molecule has 1 aliphatic carbocycles. The molecule has 6 aromatic rings. The first-order chi connectivity index (χ1) is 19.8. The van der Waals surface area contributed by atoms with Crippen molar-refractivity contribution in [3.05, 3.63) is 132 Å². The van der Waals surface area contributed by atoms with E-state index in [1.54, 1.807) is 24.3 Å². The number of alkyl halides is 2. The lowest BCUT2D eigenvalue weighted by atomic mass is 9.91. The average molecular weight is 576 g/mol. The molecule has 0 radical (unpaired) electrons. The van der Waals surface area contributed by atoms with Gasteiger partial charge in [-0.15, -0.1) is 23.2 Å². The van der Waals surface area contributed by atoms with Gasteiger partial charge in [-0.1, -0.05) is 91.9 Å². The molecule has 1 aliphatic rings. The van der Waals surface area contributed by atoms with E-state index in [0.29, 0.717) is 0 Å². The molecule has 0 aromatic heterocycles. The van der Waals surface area contributed by atoms with Crippen molar-refractivity contribution in [2.75, 3.05) is 0 Å². The zero-order valence-electron chi connectivity index (χ0n) is 22.4. The fourth-order valence-corrected chi connectivity index (χ4v) is 7.32. The summed E-state index contributed by atoms with van der Waals surface area (Å²) < 4.78 is -0.811. The molecule has 3 atom stereocenters. The SMILES string of the molecule is CC(c1ccc(-c2ccc3cc(O)ccc3c2)cc1)C1C(c2ccc(-c3ccc4cc(O)ccc4c3)cc2)C1(Cl)Cl. The van der Waals surface area contributed by atoms with E-state index in [2.05, 4.69) is 79.7 Å². The fraction of sp³-hybridized carbons (Fsp3) is 0.135. The highest BCUT2D eigenvalue weighted by Gasteiger charge is 2.65. The van der Waals surface area contributed by atoms with Crippen LogP contribution in [-0.4, -0.2) is 14.5 Å². The van der Waals surface area contributed by atoms with Crippen molar-refractivity contribution in [1.29, 1.82) is 0 Å². The maximum atomic E-state index is 9.75. The number of benzene rings is 6. The summed E-state index contributed by atoms with van der Waals surface area (Å²) >= 11 is 13.8. The molecule has 0 amide bonds. The summed E-state index contributed by atoms with van der Waals surface area (Å²) in [4.78, 5) is 0. The van der Waals surface area contributed by atoms with Gasteiger partial charge in [-0.2, -0.15) is 0 Å². The lowest BCUT2D eigenvalue weighted by Gasteiger charge is -2.14. The van der Waals surface area contributed by atoms with Crippen LogP contribution in [0.2, 0.25) is 0 Å². The molecule has 1 saturated carbocycles. The Balaban J connectivity index is 1.09. The van der Waals surface area contributed by atoms with Crippen LogP contribution in [0.4, 0.5) is 0 Å². The van der Waals surface area contributed by atoms with Crippen LogP contribution in [0.1, 0.15) is 29.9 Å². The van der Waals surface area contributed by atoms with E-state index in [1.165, 1.54) is 5.56 Å². The van der Waals surface area contributed by atoms with Crippen LogP contribution in [0.3, 0.4) is 0 Å². The first-order valence-corrected chi connectivity index (χ1v) is 14.6. The van der Waals surface area contributed by atoms with E-state index in [-0.39, 0.29) is 29.3 Å². The van der Waals surface area contributed by atoms with Gasteiger partial charge in [-0.05, 0) is 97.2 Å². The van der Waals surface area contributed by atoms with Crippen molar-refractivity contribution in [2.24, 2.45) is 5.92 Å². The Labute approximate surface area is 249 Å². The van der Waals surface area contributed by atoms with E-state index in [1.807, 2.05) is 24.3 Å². The van der Waals surface area contributed by atoms with Crippen molar-refractivity contribution in [2.45, 2.75) is 23.1 Å². The second-order valence-corrected chi connectivity index (χ2v) is 12.6. The summed E-state index contributed by atoms with van der Waals surface area (Å²) in [5, 5.41) is 23.7. The molecule has 0 heterocycles. The third-order valence-corrected chi connectivity index (χ3v) is 9.64. The highest BCUT2D eigenvalue weighted by molar-refractivity contribution is 6.52. The van der Waals surface area contributed by atoms with E-state index in [9.17, 15) is 10.2 Å². The number of hydrogen-bond donors (Lipinski definition) is 2. The zero-order chi connectivity index (χ0) is 28.3. The fourth-order valence-electron chi connectivity index (χ4n) is 6.30. The van der Waals surface area contributed by atoms with Gasteiger partial charge in [0.2, 0.25) is 0 Å². The van der Waals surface area contributed by atoms with Gasteiger partial charge < -0.3 is 10.2 Å². The van der Waals surface area contributed by atoms with E-state index in [4.69, 9.17) is 23.2 Å². The molecule has 0 aliphatic heterocycles. The number of halogens is 2. The summed E-state index contributed by atoms with van der Waals surface area (Å²) in [5.41, 5.74) is 6.91. The maximum absolute atomic E-state index is 9.75. The Morgan fingerprint density at radius 1 is 0.537 bits per heavy atom. The highest BCUT2D eigenvalue weighted by atomic mass is 35.5. The van der Waals surface area contributed by atoms with Crippen molar-refractivity contribution in [3.8, 4) is 33.8 Å². The molecule has 4 heteroatoms. The molecule has 6 aromatic carbocycles. The number of phenols is 2. The summed E-state index contributed by atoms with van der Waals surface area (Å²) in [5.74, 6) is 0.924. The quantitative estimate of drug-likeness (QED) is 0.201. The largest absolute Gasteiger partial charge is 0.508 e. The van der Waals surface area contributed by atoms with E-state index in [0.717, 1.165) is 49.4 Å². The first kappa shape index (κ1) is 26.0. The van der Waals surface area contributed by atoms with Crippen molar-refractivity contribution >= 4 is 44.7 Å². The lowest BCUT2D eigenvalue weighted by molar-refractivity contribution is 0.475. The molecule has 0 bridgehead atoms. The minimum atomic E-state index is -0.811. The Bertz CT molecular complexity index is 1910. The number of fused-ring (bicyclic) bond motifs is 2. The minimum Gasteiger partial charge on any atom is -0.508 e.